The summed E-state index contributed by atoms with van der Waals surface area (Å²) in [6.07, 6.45) is 6.13. The van der Waals surface area contributed by atoms with Gasteiger partial charge in [0.1, 0.15) is 11.1 Å². The second kappa shape index (κ2) is 6.96. The molecule has 2 aromatic rings. The second-order valence-corrected chi connectivity index (χ2v) is 6.80. The van der Waals surface area contributed by atoms with Crippen molar-refractivity contribution in [2.24, 2.45) is 11.7 Å². The third-order valence-corrected chi connectivity index (χ3v) is 5.19. The highest BCUT2D eigenvalue weighted by atomic mass is 32.2. The minimum atomic E-state index is -0.462. The smallest absolute Gasteiger partial charge is 0.235 e. The lowest BCUT2D eigenvalue weighted by molar-refractivity contribution is -0.117. The fourth-order valence-electron chi connectivity index (χ4n) is 2.93. The van der Waals surface area contributed by atoms with Crippen LogP contribution in [0, 0.1) is 5.92 Å². The average molecular weight is 316 g/mol. The van der Waals surface area contributed by atoms with E-state index in [9.17, 15) is 4.79 Å². The van der Waals surface area contributed by atoms with Gasteiger partial charge < -0.3 is 5.73 Å². The van der Waals surface area contributed by atoms with Crippen molar-refractivity contribution in [1.82, 2.24) is 15.2 Å². The predicted octanol–water partition coefficient (Wildman–Crippen LogP) is 2.86. The number of hydrogen-bond donors (Lipinski definition) is 2. The minimum absolute atomic E-state index is 0.377. The number of rotatable bonds is 6. The molecule has 1 aliphatic carbocycles. The van der Waals surface area contributed by atoms with Crippen LogP contribution in [0.15, 0.2) is 35.5 Å². The molecule has 6 heteroatoms. The van der Waals surface area contributed by atoms with Crippen LogP contribution in [0.3, 0.4) is 0 Å². The SMILES string of the molecule is NC(=O)C(Sc1n[nH]c(CC2CCCC2)n1)c1ccccc1. The van der Waals surface area contributed by atoms with Gasteiger partial charge >= 0.3 is 0 Å². The summed E-state index contributed by atoms with van der Waals surface area (Å²) in [5, 5.41) is 7.34. The van der Waals surface area contributed by atoms with Crippen LogP contribution in [-0.4, -0.2) is 21.1 Å². The zero-order valence-electron chi connectivity index (χ0n) is 12.4. The number of amides is 1. The van der Waals surface area contributed by atoms with Gasteiger partial charge in [0.05, 0.1) is 0 Å². The summed E-state index contributed by atoms with van der Waals surface area (Å²) in [6, 6.07) is 9.51. The first kappa shape index (κ1) is 15.1. The number of nitrogens with one attached hydrogen (secondary N) is 1. The van der Waals surface area contributed by atoms with Gasteiger partial charge in [-0.2, -0.15) is 0 Å². The summed E-state index contributed by atoms with van der Waals surface area (Å²) in [5.41, 5.74) is 6.41. The normalized spacial score (nSPS) is 16.7. The summed E-state index contributed by atoms with van der Waals surface area (Å²) in [4.78, 5) is 16.2. The number of carbonyl (C=O) groups is 1. The van der Waals surface area contributed by atoms with Crippen molar-refractivity contribution in [2.75, 3.05) is 0 Å². The van der Waals surface area contributed by atoms with Crippen molar-refractivity contribution in [2.45, 2.75) is 42.5 Å². The van der Waals surface area contributed by atoms with E-state index in [2.05, 4.69) is 15.2 Å². The Labute approximate surface area is 134 Å². The van der Waals surface area contributed by atoms with Gasteiger partial charge in [0.2, 0.25) is 11.1 Å². The van der Waals surface area contributed by atoms with E-state index < -0.39 is 5.25 Å². The third-order valence-electron chi connectivity index (χ3n) is 4.05. The van der Waals surface area contributed by atoms with Crippen molar-refractivity contribution >= 4 is 17.7 Å². The van der Waals surface area contributed by atoms with Gasteiger partial charge in [0.25, 0.3) is 0 Å². The number of aromatic amines is 1. The van der Waals surface area contributed by atoms with Gasteiger partial charge in [-0.15, -0.1) is 5.10 Å². The molecule has 5 nitrogen and oxygen atoms in total. The van der Waals surface area contributed by atoms with Crippen LogP contribution in [0.25, 0.3) is 0 Å². The van der Waals surface area contributed by atoms with E-state index in [0.717, 1.165) is 17.8 Å². The van der Waals surface area contributed by atoms with Crippen LogP contribution in [0.4, 0.5) is 0 Å². The van der Waals surface area contributed by atoms with E-state index in [1.807, 2.05) is 30.3 Å². The lowest BCUT2D eigenvalue weighted by Crippen LogP contribution is -2.19. The van der Waals surface area contributed by atoms with Gasteiger partial charge in [0.15, 0.2) is 0 Å². The number of benzene rings is 1. The number of hydrogen-bond acceptors (Lipinski definition) is 4. The van der Waals surface area contributed by atoms with Crippen molar-refractivity contribution in [3.05, 3.63) is 41.7 Å². The molecule has 3 N–H and O–H groups in total. The first-order chi connectivity index (χ1) is 10.7. The Morgan fingerprint density at radius 3 is 2.73 bits per heavy atom. The molecule has 116 valence electrons. The number of aromatic nitrogens is 3. The average Bonchev–Trinajstić information content (AvgIpc) is 3.18. The maximum Gasteiger partial charge on any atom is 0.235 e. The molecule has 1 unspecified atom stereocenters. The van der Waals surface area contributed by atoms with Gasteiger partial charge in [0, 0.05) is 6.42 Å². The van der Waals surface area contributed by atoms with Crippen molar-refractivity contribution in [1.29, 1.82) is 0 Å². The number of nitrogens with zero attached hydrogens (tertiary/aromatic N) is 2. The van der Waals surface area contributed by atoms with E-state index in [1.165, 1.54) is 37.4 Å². The van der Waals surface area contributed by atoms with Crippen LogP contribution in [-0.2, 0) is 11.2 Å². The largest absolute Gasteiger partial charge is 0.368 e. The molecule has 0 bridgehead atoms. The zero-order valence-corrected chi connectivity index (χ0v) is 13.2. The maximum absolute atomic E-state index is 11.7. The molecular formula is C16H20N4OS. The monoisotopic (exact) mass is 316 g/mol. The zero-order chi connectivity index (χ0) is 15.4. The van der Waals surface area contributed by atoms with E-state index in [4.69, 9.17) is 5.73 Å². The van der Waals surface area contributed by atoms with Crippen LogP contribution >= 0.6 is 11.8 Å². The van der Waals surface area contributed by atoms with Crippen molar-refractivity contribution in [3.8, 4) is 0 Å². The van der Waals surface area contributed by atoms with Crippen LogP contribution < -0.4 is 5.73 Å². The Kier molecular flexibility index (Phi) is 4.77. The molecule has 22 heavy (non-hydrogen) atoms. The number of H-pyrrole nitrogens is 1. The molecule has 3 rings (SSSR count). The van der Waals surface area contributed by atoms with Crippen molar-refractivity contribution < 1.29 is 4.79 Å². The summed E-state index contributed by atoms with van der Waals surface area (Å²) < 4.78 is 0. The molecule has 1 atom stereocenters. The van der Waals surface area contributed by atoms with Crippen molar-refractivity contribution in [3.63, 3.8) is 0 Å². The van der Waals surface area contributed by atoms with Crippen LogP contribution in [0.1, 0.15) is 42.3 Å². The fourth-order valence-corrected chi connectivity index (χ4v) is 3.81. The Balaban J connectivity index is 1.68. The molecule has 0 saturated heterocycles. The Hall–Kier alpha value is -1.82. The Bertz CT molecular complexity index is 622. The first-order valence-corrected chi connectivity index (χ1v) is 8.52. The molecule has 0 spiro atoms. The summed E-state index contributed by atoms with van der Waals surface area (Å²) in [7, 11) is 0. The summed E-state index contributed by atoms with van der Waals surface area (Å²) in [5.74, 6) is 1.25. The molecular weight excluding hydrogens is 296 g/mol. The molecule has 1 aromatic heterocycles. The Morgan fingerprint density at radius 1 is 1.32 bits per heavy atom. The van der Waals surface area contributed by atoms with E-state index in [0.29, 0.717) is 11.1 Å². The molecule has 1 heterocycles. The number of thioether (sulfide) groups is 1. The van der Waals surface area contributed by atoms with Crippen LogP contribution in [0.2, 0.25) is 0 Å². The second-order valence-electron chi connectivity index (χ2n) is 5.73. The van der Waals surface area contributed by atoms with Gasteiger partial charge in [-0.25, -0.2) is 4.98 Å². The van der Waals surface area contributed by atoms with Gasteiger partial charge in [-0.05, 0) is 11.5 Å². The van der Waals surface area contributed by atoms with Crippen LogP contribution in [0.5, 0.6) is 0 Å². The lowest BCUT2D eigenvalue weighted by atomic mass is 10.0. The molecule has 1 aliphatic rings. The summed E-state index contributed by atoms with van der Waals surface area (Å²) >= 11 is 1.30. The standard InChI is InChI=1S/C16H20N4OS/c17-15(21)14(12-8-2-1-3-9-12)22-16-18-13(19-20-16)10-11-6-4-5-7-11/h1-3,8-9,11,14H,4-7,10H2,(H2,17,21)(H,18,19,20). The third kappa shape index (κ3) is 3.68. The summed E-state index contributed by atoms with van der Waals surface area (Å²) in [6.45, 7) is 0. The minimum Gasteiger partial charge on any atom is -0.368 e. The first-order valence-electron chi connectivity index (χ1n) is 7.64. The highest BCUT2D eigenvalue weighted by molar-refractivity contribution is 8.00. The van der Waals surface area contributed by atoms with Gasteiger partial charge in [-0.1, -0.05) is 67.8 Å². The number of primary amides is 1. The van der Waals surface area contributed by atoms with Gasteiger partial charge in [-0.3, -0.25) is 9.89 Å². The highest BCUT2D eigenvalue weighted by Crippen LogP contribution is 2.33. The topological polar surface area (TPSA) is 84.7 Å². The molecule has 1 fully saturated rings. The lowest BCUT2D eigenvalue weighted by Gasteiger charge is -2.10. The fraction of sp³-hybridized carbons (Fsp3) is 0.438. The molecule has 1 aromatic carbocycles. The highest BCUT2D eigenvalue weighted by Gasteiger charge is 2.22. The number of nitrogens with two attached hydrogens (primary N) is 1. The quantitative estimate of drug-likeness (QED) is 0.803. The van der Waals surface area contributed by atoms with E-state index >= 15 is 0 Å². The van der Waals surface area contributed by atoms with E-state index in [-0.39, 0.29) is 5.91 Å². The Morgan fingerprint density at radius 2 is 2.05 bits per heavy atom. The molecule has 0 radical (unpaired) electrons. The molecule has 0 aliphatic heterocycles. The molecule has 1 amide bonds. The maximum atomic E-state index is 11.7. The van der Waals surface area contributed by atoms with E-state index in [1.54, 1.807) is 0 Å². The molecule has 1 saturated carbocycles. The predicted molar refractivity (Wildman–Crippen MR) is 86.3 cm³/mol. The number of carbonyl (C=O) groups excluding carboxylic acids is 1.